The molecular weight excluding hydrogens is 536 g/mol. The van der Waals surface area contributed by atoms with Gasteiger partial charge in [-0.25, -0.2) is 9.59 Å². The number of aliphatic carboxylic acids is 1. The number of carbonyl (C=O) groups excluding carboxylic acids is 2. The molecule has 2 aromatic rings. The summed E-state index contributed by atoms with van der Waals surface area (Å²) in [6.45, 7) is 10.2. The van der Waals surface area contributed by atoms with Crippen LogP contribution in [0.1, 0.15) is 85.6 Å². The zero-order valence-electron chi connectivity index (χ0n) is 25.6. The number of carboxylic acid groups (broad SMARTS) is 1. The average Bonchev–Trinajstić information content (AvgIpc) is 3.35. The average molecular weight is 581 g/mol. The van der Waals surface area contributed by atoms with Crippen LogP contribution < -0.4 is 14.8 Å². The van der Waals surface area contributed by atoms with E-state index in [1.54, 1.807) is 12.0 Å². The standard InChI is InChI=1S/C33H44N2O7/c1-7-41-28-17-27(20(3)30(42-8-2)29(28)22(5)36)21(4)35(14-13-23-15-24-11-9-10-12-25(24)16-23)32(39)34-33(31(37)38)18-26(19-33)40-6/h9-12,17,21,23,26H,7-8,13-16,18-19H2,1-6H3,(H,34,39)(H,37,38)/t21-,26-,33+/m1/s1. The lowest BCUT2D eigenvalue weighted by Crippen LogP contribution is -2.66. The summed E-state index contributed by atoms with van der Waals surface area (Å²) in [5.74, 6) is 0.00627. The minimum absolute atomic E-state index is 0.166. The molecule has 1 fully saturated rings. The monoisotopic (exact) mass is 580 g/mol. The third-order valence-electron chi connectivity index (χ3n) is 8.81. The Hall–Kier alpha value is -3.59. The number of rotatable bonds is 13. The van der Waals surface area contributed by atoms with Crippen LogP contribution in [0.15, 0.2) is 30.3 Å². The van der Waals surface area contributed by atoms with Crippen LogP contribution in [0.4, 0.5) is 4.79 Å². The van der Waals surface area contributed by atoms with Gasteiger partial charge in [-0.05, 0) is 88.1 Å². The van der Waals surface area contributed by atoms with Crippen molar-refractivity contribution < 1.29 is 33.7 Å². The fourth-order valence-electron chi connectivity index (χ4n) is 6.42. The van der Waals surface area contributed by atoms with Crippen LogP contribution in [0.2, 0.25) is 0 Å². The van der Waals surface area contributed by atoms with Crippen molar-refractivity contribution in [3.05, 3.63) is 58.1 Å². The number of ketones is 1. The Bertz CT molecular complexity index is 1290. The quantitative estimate of drug-likeness (QED) is 0.301. The van der Waals surface area contributed by atoms with Crippen molar-refractivity contribution in [3.8, 4) is 11.5 Å². The molecule has 228 valence electrons. The number of amides is 2. The number of benzene rings is 2. The summed E-state index contributed by atoms with van der Waals surface area (Å²) < 4.78 is 17.2. The normalized spacial score (nSPS) is 20.3. The molecule has 4 rings (SSSR count). The van der Waals surface area contributed by atoms with E-state index in [1.807, 2.05) is 33.8 Å². The number of nitrogens with one attached hydrogen (secondary N) is 1. The summed E-state index contributed by atoms with van der Waals surface area (Å²) in [4.78, 5) is 40.7. The molecule has 0 saturated heterocycles. The molecule has 1 saturated carbocycles. The van der Waals surface area contributed by atoms with E-state index in [-0.39, 0.29) is 24.7 Å². The highest BCUT2D eigenvalue weighted by molar-refractivity contribution is 6.00. The van der Waals surface area contributed by atoms with Crippen molar-refractivity contribution in [2.75, 3.05) is 26.9 Å². The van der Waals surface area contributed by atoms with Crippen molar-refractivity contribution in [1.29, 1.82) is 0 Å². The van der Waals surface area contributed by atoms with Gasteiger partial charge in [-0.15, -0.1) is 0 Å². The van der Waals surface area contributed by atoms with E-state index in [1.165, 1.54) is 18.1 Å². The molecule has 9 heteroatoms. The van der Waals surface area contributed by atoms with E-state index in [0.29, 0.717) is 42.7 Å². The van der Waals surface area contributed by atoms with Gasteiger partial charge in [0.25, 0.3) is 0 Å². The first-order valence-electron chi connectivity index (χ1n) is 14.9. The highest BCUT2D eigenvalue weighted by atomic mass is 16.5. The minimum atomic E-state index is -1.38. The molecule has 2 aliphatic carbocycles. The zero-order valence-corrected chi connectivity index (χ0v) is 25.6. The van der Waals surface area contributed by atoms with Gasteiger partial charge in [0.2, 0.25) is 0 Å². The number of fused-ring (bicyclic) bond motifs is 1. The second-order valence-electron chi connectivity index (χ2n) is 11.5. The second kappa shape index (κ2) is 13.2. The summed E-state index contributed by atoms with van der Waals surface area (Å²) in [6, 6.07) is 9.35. The maximum atomic E-state index is 14.0. The van der Waals surface area contributed by atoms with Crippen LogP contribution in [0.3, 0.4) is 0 Å². The summed E-state index contributed by atoms with van der Waals surface area (Å²) in [6.07, 6.45) is 2.86. The van der Waals surface area contributed by atoms with Crippen molar-refractivity contribution in [3.63, 3.8) is 0 Å². The highest BCUT2D eigenvalue weighted by Crippen LogP contribution is 2.41. The van der Waals surface area contributed by atoms with Crippen LogP contribution >= 0.6 is 0 Å². The van der Waals surface area contributed by atoms with Gasteiger partial charge < -0.3 is 29.5 Å². The molecule has 0 heterocycles. The van der Waals surface area contributed by atoms with Crippen molar-refractivity contribution in [2.45, 2.75) is 84.4 Å². The van der Waals surface area contributed by atoms with Gasteiger partial charge in [-0.1, -0.05) is 24.3 Å². The van der Waals surface area contributed by atoms with Crippen LogP contribution in [0.25, 0.3) is 0 Å². The zero-order chi connectivity index (χ0) is 30.6. The van der Waals surface area contributed by atoms with E-state index in [2.05, 4.69) is 29.6 Å². The Balaban J connectivity index is 1.68. The topological polar surface area (TPSA) is 114 Å². The predicted octanol–water partition coefficient (Wildman–Crippen LogP) is 5.50. The Labute approximate surface area is 248 Å². The molecule has 42 heavy (non-hydrogen) atoms. The lowest BCUT2D eigenvalue weighted by molar-refractivity contribution is -0.155. The van der Waals surface area contributed by atoms with Gasteiger partial charge in [0.1, 0.15) is 22.6 Å². The maximum Gasteiger partial charge on any atom is 0.329 e. The molecule has 2 N–H and O–H groups in total. The number of methoxy groups -OCH3 is 1. The number of hydrogen-bond donors (Lipinski definition) is 2. The first kappa shape index (κ1) is 31.3. The van der Waals surface area contributed by atoms with Gasteiger partial charge in [0.05, 0.1) is 25.4 Å². The molecule has 0 spiro atoms. The molecule has 0 bridgehead atoms. The van der Waals surface area contributed by atoms with Crippen molar-refractivity contribution in [1.82, 2.24) is 10.2 Å². The smallest absolute Gasteiger partial charge is 0.329 e. The summed E-state index contributed by atoms with van der Waals surface area (Å²) >= 11 is 0. The van der Waals surface area contributed by atoms with Crippen LogP contribution in [-0.2, 0) is 22.4 Å². The van der Waals surface area contributed by atoms with E-state index < -0.39 is 23.6 Å². The second-order valence-corrected chi connectivity index (χ2v) is 11.5. The number of nitrogens with zero attached hydrogens (tertiary/aromatic N) is 1. The Kier molecular flexibility index (Phi) is 9.82. The van der Waals surface area contributed by atoms with E-state index in [9.17, 15) is 19.5 Å². The van der Waals surface area contributed by atoms with Gasteiger partial charge in [0.15, 0.2) is 5.78 Å². The number of ether oxygens (including phenoxy) is 3. The van der Waals surface area contributed by atoms with Gasteiger partial charge in [-0.3, -0.25) is 4.79 Å². The van der Waals surface area contributed by atoms with E-state index in [0.717, 1.165) is 30.4 Å². The van der Waals surface area contributed by atoms with Crippen LogP contribution in [-0.4, -0.2) is 66.3 Å². The fourth-order valence-corrected chi connectivity index (χ4v) is 6.42. The first-order chi connectivity index (χ1) is 20.0. The molecule has 0 radical (unpaired) electrons. The molecule has 0 aliphatic heterocycles. The lowest BCUT2D eigenvalue weighted by atomic mass is 9.74. The maximum absolute atomic E-state index is 14.0. The van der Waals surface area contributed by atoms with Crippen molar-refractivity contribution in [2.24, 2.45) is 5.92 Å². The number of Topliss-reactive ketones (excluding diaryl/α,β-unsaturated/α-hetero) is 1. The number of hydrogen-bond acceptors (Lipinski definition) is 6. The number of carboxylic acids is 1. The molecule has 0 aromatic heterocycles. The van der Waals surface area contributed by atoms with Crippen LogP contribution in [0, 0.1) is 12.8 Å². The third kappa shape index (κ3) is 6.26. The Morgan fingerprint density at radius 1 is 1.10 bits per heavy atom. The van der Waals surface area contributed by atoms with Crippen molar-refractivity contribution >= 4 is 17.8 Å². The van der Waals surface area contributed by atoms with Gasteiger partial charge in [0, 0.05) is 26.5 Å². The molecule has 1 atom stereocenters. The first-order valence-corrected chi connectivity index (χ1v) is 14.9. The summed E-state index contributed by atoms with van der Waals surface area (Å²) in [5, 5.41) is 12.9. The van der Waals surface area contributed by atoms with Gasteiger partial charge in [-0.2, -0.15) is 0 Å². The number of urea groups is 1. The van der Waals surface area contributed by atoms with Crippen LogP contribution in [0.5, 0.6) is 11.5 Å². The SMILES string of the molecule is CCOc1cc([C@@H](C)N(CCC2Cc3ccccc3C2)C(=O)N[C@]2(C(=O)O)C[C@H](OC)C2)c(C)c(OCC)c1C(C)=O. The Morgan fingerprint density at radius 2 is 1.71 bits per heavy atom. The third-order valence-corrected chi connectivity index (χ3v) is 8.81. The summed E-state index contributed by atoms with van der Waals surface area (Å²) in [7, 11) is 1.55. The predicted molar refractivity (Wildman–Crippen MR) is 160 cm³/mol. The number of carbonyl (C=O) groups is 3. The minimum Gasteiger partial charge on any atom is -0.493 e. The highest BCUT2D eigenvalue weighted by Gasteiger charge is 2.52. The molecule has 2 amide bonds. The lowest BCUT2D eigenvalue weighted by Gasteiger charge is -2.45. The summed E-state index contributed by atoms with van der Waals surface area (Å²) in [5.41, 5.74) is 3.23. The molecule has 9 nitrogen and oxygen atoms in total. The molecule has 2 aliphatic rings. The molecule has 0 unspecified atom stereocenters. The van der Waals surface area contributed by atoms with Gasteiger partial charge >= 0.3 is 12.0 Å². The van der Waals surface area contributed by atoms with E-state index in [4.69, 9.17) is 14.2 Å². The van der Waals surface area contributed by atoms with E-state index >= 15 is 0 Å². The molecule has 2 aromatic carbocycles. The largest absolute Gasteiger partial charge is 0.493 e. The Morgan fingerprint density at radius 3 is 2.24 bits per heavy atom. The molecular formula is C33H44N2O7. The fraction of sp³-hybridized carbons (Fsp3) is 0.545.